The Labute approximate surface area is 507 Å². The molecule has 480 valence electrons. The van der Waals surface area contributed by atoms with Gasteiger partial charge in [0.15, 0.2) is 30.9 Å². The van der Waals surface area contributed by atoms with Gasteiger partial charge in [0, 0.05) is 11.8 Å². The Hall–Kier alpha value is -7.71. The molecule has 27 nitrogen and oxygen atoms in total. The van der Waals surface area contributed by atoms with Crippen molar-refractivity contribution in [2.75, 3.05) is 6.54 Å². The maximum Gasteiger partial charge on any atom is 0.408 e. The number of hydrogen-bond acceptors (Lipinski definition) is 20. The Balaban J connectivity index is 1.75. The predicted octanol–water partition coefficient (Wildman–Crippen LogP) is 8.13. The standard InChI is InChI=1S/C60H86N8O19/c1-16-24-41(79-49(71)34-25-20-18-21-26-34)48(70)63-38-31-39(65-55(75)86-59(10,11)12)45(82-51-37(64-54(74)85-58(7,8)9)30-29-36(78-51)32-62-53(73)84-57(4,5)6)43(67-68-61)44(38)83-52-47(81-50(72)35-27-22-19-23-28-35)42(66-56(76)87-60(13,14)15)46(77-33(3)69)40(17-2)80-52/h18-23,25-30,36-47,51-52H,16-17,24,31-32H2,1-15H3,(H,62,73)(H,63,70)(H,64,74)(H,65,75)(H,66,76)/t36?,37?,38-,39+,40?,41+,42+,43?,44+,45?,46+,47?,51-,52-/m1/s1. The van der Waals surface area contributed by atoms with Crippen LogP contribution < -0.4 is 26.6 Å². The third kappa shape index (κ3) is 22.5. The molecule has 2 fully saturated rings. The van der Waals surface area contributed by atoms with Crippen molar-refractivity contribution in [3.8, 4) is 0 Å². The number of esters is 3. The number of ether oxygens (including phenoxy) is 11. The zero-order chi connectivity index (χ0) is 64.6. The van der Waals surface area contributed by atoms with Crippen LogP contribution in [-0.4, -0.2) is 163 Å². The summed E-state index contributed by atoms with van der Waals surface area (Å²) in [5, 5.41) is 18.1. The van der Waals surface area contributed by atoms with Crippen molar-refractivity contribution in [2.45, 2.75) is 237 Å². The lowest BCUT2D eigenvalue weighted by Crippen LogP contribution is -2.70. The summed E-state index contributed by atoms with van der Waals surface area (Å²) >= 11 is 0. The minimum atomic E-state index is -1.85. The van der Waals surface area contributed by atoms with E-state index < -0.39 is 163 Å². The van der Waals surface area contributed by atoms with Crippen LogP contribution in [0.1, 0.15) is 150 Å². The molecule has 0 bridgehead atoms. The summed E-state index contributed by atoms with van der Waals surface area (Å²) in [6, 6.07) is 8.41. The van der Waals surface area contributed by atoms with Crippen molar-refractivity contribution >= 4 is 48.2 Å². The Bertz CT molecular complexity index is 2760. The zero-order valence-electron chi connectivity index (χ0n) is 52.1. The lowest BCUT2D eigenvalue weighted by Gasteiger charge is -2.50. The van der Waals surface area contributed by atoms with Crippen LogP contribution in [-0.2, 0) is 61.7 Å². The molecule has 0 spiro atoms. The van der Waals surface area contributed by atoms with E-state index in [2.05, 4.69) is 36.6 Å². The van der Waals surface area contributed by atoms with Gasteiger partial charge in [-0.05, 0) is 132 Å². The van der Waals surface area contributed by atoms with Crippen LogP contribution in [0, 0.1) is 0 Å². The molecule has 87 heavy (non-hydrogen) atoms. The monoisotopic (exact) mass is 1220 g/mol. The van der Waals surface area contributed by atoms with E-state index in [0.717, 1.165) is 6.92 Å². The number of nitrogens with zero attached hydrogens (tertiary/aromatic N) is 3. The first-order valence-electron chi connectivity index (χ1n) is 29.0. The van der Waals surface area contributed by atoms with Crippen LogP contribution in [0.3, 0.4) is 0 Å². The fraction of sp³-hybridized carbons (Fsp3) is 0.633. The molecule has 1 saturated carbocycles. The average Bonchev–Trinajstić information content (AvgIpc) is 0.868. The molecule has 27 heteroatoms. The molecule has 2 aliphatic heterocycles. The van der Waals surface area contributed by atoms with E-state index in [9.17, 15) is 43.9 Å². The number of rotatable bonds is 20. The lowest BCUT2D eigenvalue weighted by atomic mass is 9.81. The molecule has 0 radical (unpaired) electrons. The Morgan fingerprint density at radius 1 is 0.609 bits per heavy atom. The van der Waals surface area contributed by atoms with Gasteiger partial charge in [-0.3, -0.25) is 9.59 Å². The van der Waals surface area contributed by atoms with E-state index in [1.54, 1.807) is 139 Å². The fourth-order valence-corrected chi connectivity index (χ4v) is 9.47. The molecular formula is C60H86N8O19. The number of benzene rings is 2. The van der Waals surface area contributed by atoms with E-state index >= 15 is 0 Å². The first-order chi connectivity index (χ1) is 40.7. The quantitative estimate of drug-likeness (QED) is 0.0208. The van der Waals surface area contributed by atoms with Crippen molar-refractivity contribution in [1.29, 1.82) is 0 Å². The van der Waals surface area contributed by atoms with Gasteiger partial charge in [0.05, 0.1) is 60.2 Å². The SMILES string of the molecule is CCC[C@H](OC(=O)c1ccccc1)C(=O)N[C@@H]1C[C@H](NC(=O)OC(C)(C)C)C(O[C@H]2OC(CNC(=O)OC(C)(C)C)C=CC2NC(=O)OC(C)(C)C)C(N=[N+]=[N-])[C@H]1O[C@H]1OC(CC)[C@H](OC(C)=O)[C@H](NC(=O)OC(C)(C)C)C1OC(=O)c1ccccc1. The van der Waals surface area contributed by atoms with E-state index in [4.69, 9.17) is 52.1 Å². The smallest absolute Gasteiger partial charge is 0.408 e. The third-order valence-corrected chi connectivity index (χ3v) is 12.8. The van der Waals surface area contributed by atoms with Crippen LogP contribution in [0.4, 0.5) is 19.2 Å². The van der Waals surface area contributed by atoms with E-state index in [1.807, 2.05) is 0 Å². The predicted molar refractivity (Wildman–Crippen MR) is 311 cm³/mol. The number of azide groups is 1. The first-order valence-corrected chi connectivity index (χ1v) is 29.0. The van der Waals surface area contributed by atoms with Gasteiger partial charge in [-0.15, -0.1) is 0 Å². The molecule has 5 rings (SSSR count). The highest BCUT2D eigenvalue weighted by molar-refractivity contribution is 5.92. The molecule has 2 aromatic carbocycles. The van der Waals surface area contributed by atoms with Gasteiger partial charge in [0.25, 0.3) is 5.91 Å². The number of carbonyl (C=O) groups excluding carboxylic acids is 8. The second-order valence-electron chi connectivity index (χ2n) is 25.0. The van der Waals surface area contributed by atoms with Crippen LogP contribution in [0.15, 0.2) is 77.9 Å². The maximum atomic E-state index is 14.9. The summed E-state index contributed by atoms with van der Waals surface area (Å²) in [5.74, 6) is -3.45. The van der Waals surface area contributed by atoms with Gasteiger partial charge < -0.3 is 78.7 Å². The summed E-state index contributed by atoms with van der Waals surface area (Å²) in [7, 11) is 0. The second-order valence-corrected chi connectivity index (χ2v) is 25.0. The van der Waals surface area contributed by atoms with Gasteiger partial charge >= 0.3 is 42.3 Å². The Kier molecular flexibility index (Phi) is 24.8. The number of hydrogen-bond donors (Lipinski definition) is 5. The zero-order valence-corrected chi connectivity index (χ0v) is 52.1. The summed E-state index contributed by atoms with van der Waals surface area (Å²) < 4.78 is 67.5. The van der Waals surface area contributed by atoms with Crippen molar-refractivity contribution < 1.29 is 90.5 Å². The van der Waals surface area contributed by atoms with E-state index in [0.29, 0.717) is 6.42 Å². The van der Waals surface area contributed by atoms with Crippen LogP contribution in [0.2, 0.25) is 0 Å². The molecule has 2 aromatic rings. The molecule has 0 aromatic heterocycles. The highest BCUT2D eigenvalue weighted by Gasteiger charge is 2.56. The maximum absolute atomic E-state index is 14.9. The van der Waals surface area contributed by atoms with Crippen molar-refractivity contribution in [3.63, 3.8) is 0 Å². The van der Waals surface area contributed by atoms with Crippen LogP contribution in [0.25, 0.3) is 10.4 Å². The molecular weight excluding hydrogens is 1140 g/mol. The summed E-state index contributed by atoms with van der Waals surface area (Å²) in [6.45, 7) is 24.1. The second kappa shape index (κ2) is 30.8. The van der Waals surface area contributed by atoms with Gasteiger partial charge in [0.1, 0.15) is 34.5 Å². The minimum Gasteiger partial charge on any atom is -0.457 e. The Morgan fingerprint density at radius 3 is 1.63 bits per heavy atom. The fourth-order valence-electron chi connectivity index (χ4n) is 9.47. The lowest BCUT2D eigenvalue weighted by molar-refractivity contribution is -0.300. The summed E-state index contributed by atoms with van der Waals surface area (Å²) in [4.78, 5) is 114. The minimum absolute atomic E-state index is 0.00720. The molecule has 5 amide bonds. The highest BCUT2D eigenvalue weighted by atomic mass is 16.7. The van der Waals surface area contributed by atoms with Gasteiger partial charge in [-0.25, -0.2) is 28.8 Å². The highest BCUT2D eigenvalue weighted by Crippen LogP contribution is 2.37. The molecule has 3 aliphatic rings. The number of carbonyl (C=O) groups is 8. The van der Waals surface area contributed by atoms with Gasteiger partial charge in [-0.2, -0.15) is 0 Å². The van der Waals surface area contributed by atoms with E-state index in [-0.39, 0.29) is 30.5 Å². The summed E-state index contributed by atoms with van der Waals surface area (Å²) in [5.41, 5.74) is 6.87. The molecule has 14 atom stereocenters. The molecule has 2 heterocycles. The van der Waals surface area contributed by atoms with Crippen LogP contribution >= 0.6 is 0 Å². The number of alkyl carbamates (subject to hydrolysis) is 4. The number of nitrogens with one attached hydrogen (secondary N) is 5. The normalized spacial score (nSPS) is 25.9. The number of amides is 5. The molecule has 1 saturated heterocycles. The third-order valence-electron chi connectivity index (χ3n) is 12.8. The molecule has 1 aliphatic carbocycles. The van der Waals surface area contributed by atoms with Crippen molar-refractivity contribution in [1.82, 2.24) is 26.6 Å². The van der Waals surface area contributed by atoms with Crippen molar-refractivity contribution in [3.05, 3.63) is 94.4 Å². The molecule has 5 N–H and O–H groups in total. The average molecular weight is 1220 g/mol. The first kappa shape index (κ1) is 70.1. The van der Waals surface area contributed by atoms with E-state index in [1.165, 1.54) is 30.3 Å². The van der Waals surface area contributed by atoms with Crippen molar-refractivity contribution in [2.24, 2.45) is 5.11 Å². The van der Waals surface area contributed by atoms with Gasteiger partial charge in [-0.1, -0.05) is 73.9 Å². The van der Waals surface area contributed by atoms with Crippen LogP contribution in [0.5, 0.6) is 0 Å². The van der Waals surface area contributed by atoms with Gasteiger partial charge in [0.2, 0.25) is 0 Å². The topological polar surface area (TPSA) is 347 Å². The Morgan fingerprint density at radius 2 is 1.11 bits per heavy atom. The molecule has 6 unspecified atom stereocenters. The largest absolute Gasteiger partial charge is 0.457 e. The summed E-state index contributed by atoms with van der Waals surface area (Å²) in [6.07, 6.45) is -14.2.